The third kappa shape index (κ3) is 3.28. The molecule has 1 N–H and O–H groups in total. The van der Waals surface area contributed by atoms with E-state index in [0.29, 0.717) is 11.5 Å². The van der Waals surface area contributed by atoms with E-state index in [2.05, 4.69) is 26.1 Å². The Hall–Kier alpha value is -0.0800. The van der Waals surface area contributed by atoms with Crippen LogP contribution in [0.3, 0.4) is 0 Å². The average molecular weight is 185 g/mol. The van der Waals surface area contributed by atoms with Crippen LogP contribution >= 0.6 is 0 Å². The van der Waals surface area contributed by atoms with E-state index in [9.17, 15) is 0 Å². The predicted molar refractivity (Wildman–Crippen MR) is 55.9 cm³/mol. The van der Waals surface area contributed by atoms with Crippen molar-refractivity contribution in [3.63, 3.8) is 0 Å². The maximum Gasteiger partial charge on any atom is 0.0624 e. The van der Waals surface area contributed by atoms with Gasteiger partial charge in [0.1, 0.15) is 0 Å². The minimum absolute atomic E-state index is 0.531. The van der Waals surface area contributed by atoms with Crippen molar-refractivity contribution < 1.29 is 4.74 Å². The zero-order valence-electron chi connectivity index (χ0n) is 9.23. The van der Waals surface area contributed by atoms with Gasteiger partial charge in [-0.15, -0.1) is 0 Å². The molecule has 78 valence electrons. The van der Waals surface area contributed by atoms with Gasteiger partial charge in [0.15, 0.2) is 0 Å². The lowest BCUT2D eigenvalue weighted by atomic mass is 10.00. The molecule has 0 amide bonds. The van der Waals surface area contributed by atoms with Crippen molar-refractivity contribution in [1.29, 1.82) is 0 Å². The molecule has 0 aromatic carbocycles. The van der Waals surface area contributed by atoms with Crippen LogP contribution in [-0.4, -0.2) is 25.8 Å². The largest absolute Gasteiger partial charge is 0.380 e. The molecule has 0 saturated heterocycles. The van der Waals surface area contributed by atoms with E-state index < -0.39 is 0 Å². The molecule has 1 aliphatic rings. The summed E-state index contributed by atoms with van der Waals surface area (Å²) in [5, 5.41) is 3.52. The van der Waals surface area contributed by atoms with Gasteiger partial charge in [-0.2, -0.15) is 0 Å². The first-order valence-electron chi connectivity index (χ1n) is 5.54. The molecule has 0 aliphatic heterocycles. The summed E-state index contributed by atoms with van der Waals surface area (Å²) in [7, 11) is 0. The monoisotopic (exact) mass is 185 g/mol. The summed E-state index contributed by atoms with van der Waals surface area (Å²) in [6.45, 7) is 9.52. The van der Waals surface area contributed by atoms with Crippen LogP contribution in [0.5, 0.6) is 0 Å². The fourth-order valence-electron chi connectivity index (χ4n) is 1.64. The van der Waals surface area contributed by atoms with Crippen LogP contribution in [0.15, 0.2) is 0 Å². The summed E-state index contributed by atoms with van der Waals surface area (Å²) in [4.78, 5) is 0. The van der Waals surface area contributed by atoms with Crippen molar-refractivity contribution >= 4 is 0 Å². The van der Waals surface area contributed by atoms with E-state index in [0.717, 1.165) is 26.2 Å². The fourth-order valence-corrected chi connectivity index (χ4v) is 1.64. The first-order chi connectivity index (χ1) is 6.23. The van der Waals surface area contributed by atoms with Crippen LogP contribution in [0.2, 0.25) is 0 Å². The van der Waals surface area contributed by atoms with Crippen molar-refractivity contribution in [2.45, 2.75) is 46.1 Å². The van der Waals surface area contributed by atoms with Gasteiger partial charge in [0, 0.05) is 12.6 Å². The standard InChI is InChI=1S/C11H23NO/c1-4-8-13-9-10(12-5-2)11(3)6-7-11/h10,12H,4-9H2,1-3H3. The molecular formula is C11H23NO. The highest BCUT2D eigenvalue weighted by molar-refractivity contribution is 4.98. The quantitative estimate of drug-likeness (QED) is 0.614. The van der Waals surface area contributed by atoms with Gasteiger partial charge in [-0.1, -0.05) is 20.8 Å². The molecule has 1 fully saturated rings. The first kappa shape index (κ1) is 11.0. The molecule has 2 heteroatoms. The molecule has 2 nitrogen and oxygen atoms in total. The molecule has 0 aromatic heterocycles. The van der Waals surface area contributed by atoms with Gasteiger partial charge in [0.2, 0.25) is 0 Å². The van der Waals surface area contributed by atoms with E-state index in [4.69, 9.17) is 4.74 Å². The third-order valence-electron chi connectivity index (χ3n) is 2.96. The lowest BCUT2D eigenvalue weighted by molar-refractivity contribution is 0.0919. The summed E-state index contributed by atoms with van der Waals surface area (Å²) >= 11 is 0. The second-order valence-electron chi connectivity index (χ2n) is 4.34. The number of hydrogen-bond donors (Lipinski definition) is 1. The van der Waals surface area contributed by atoms with Gasteiger partial charge in [-0.3, -0.25) is 0 Å². The SMILES string of the molecule is CCCOCC(NCC)C1(C)CC1. The Kier molecular flexibility index (Phi) is 4.20. The van der Waals surface area contributed by atoms with Crippen LogP contribution < -0.4 is 5.32 Å². The lowest BCUT2D eigenvalue weighted by Crippen LogP contribution is -2.40. The molecule has 0 bridgehead atoms. The van der Waals surface area contributed by atoms with Gasteiger partial charge in [-0.25, -0.2) is 0 Å². The molecule has 1 saturated carbocycles. The van der Waals surface area contributed by atoms with E-state index in [1.807, 2.05) is 0 Å². The van der Waals surface area contributed by atoms with E-state index in [1.54, 1.807) is 0 Å². The molecule has 1 rings (SSSR count). The minimum atomic E-state index is 0.531. The summed E-state index contributed by atoms with van der Waals surface area (Å²) in [6.07, 6.45) is 3.84. The molecule has 0 heterocycles. The predicted octanol–water partition coefficient (Wildman–Crippen LogP) is 2.19. The van der Waals surface area contributed by atoms with Crippen LogP contribution in [0, 0.1) is 5.41 Å². The normalized spacial score (nSPS) is 21.5. The van der Waals surface area contributed by atoms with Crippen LogP contribution in [-0.2, 0) is 4.74 Å². The average Bonchev–Trinajstić information content (AvgIpc) is 2.84. The molecular weight excluding hydrogens is 162 g/mol. The Morgan fingerprint density at radius 3 is 2.54 bits per heavy atom. The fraction of sp³-hybridized carbons (Fsp3) is 1.00. The van der Waals surface area contributed by atoms with Crippen LogP contribution in [0.1, 0.15) is 40.0 Å². The Balaban J connectivity index is 2.22. The van der Waals surface area contributed by atoms with E-state index in [-0.39, 0.29) is 0 Å². The highest BCUT2D eigenvalue weighted by Crippen LogP contribution is 2.48. The summed E-state index contributed by atoms with van der Waals surface area (Å²) in [5.74, 6) is 0. The van der Waals surface area contributed by atoms with Gasteiger partial charge >= 0.3 is 0 Å². The smallest absolute Gasteiger partial charge is 0.0624 e. The van der Waals surface area contributed by atoms with E-state index >= 15 is 0 Å². The van der Waals surface area contributed by atoms with Crippen LogP contribution in [0.4, 0.5) is 0 Å². The zero-order valence-corrected chi connectivity index (χ0v) is 9.23. The first-order valence-corrected chi connectivity index (χ1v) is 5.54. The topological polar surface area (TPSA) is 21.3 Å². The number of rotatable bonds is 7. The maximum absolute atomic E-state index is 5.60. The van der Waals surface area contributed by atoms with Gasteiger partial charge in [-0.05, 0) is 31.2 Å². The Morgan fingerprint density at radius 2 is 2.08 bits per heavy atom. The summed E-state index contributed by atoms with van der Waals surface area (Å²) in [6, 6.07) is 0.573. The Morgan fingerprint density at radius 1 is 1.38 bits per heavy atom. The van der Waals surface area contributed by atoms with Crippen molar-refractivity contribution in [2.75, 3.05) is 19.8 Å². The number of likely N-dealkylation sites (N-methyl/N-ethyl adjacent to an activating group) is 1. The molecule has 13 heavy (non-hydrogen) atoms. The lowest BCUT2D eigenvalue weighted by Gasteiger charge is -2.24. The molecule has 1 aliphatic carbocycles. The number of ether oxygens (including phenoxy) is 1. The summed E-state index contributed by atoms with van der Waals surface area (Å²) in [5.41, 5.74) is 0.531. The van der Waals surface area contributed by atoms with Gasteiger partial charge < -0.3 is 10.1 Å². The van der Waals surface area contributed by atoms with Gasteiger partial charge in [0.05, 0.1) is 6.61 Å². The maximum atomic E-state index is 5.60. The van der Waals surface area contributed by atoms with E-state index in [1.165, 1.54) is 12.8 Å². The van der Waals surface area contributed by atoms with Crippen LogP contribution in [0.25, 0.3) is 0 Å². The minimum Gasteiger partial charge on any atom is -0.380 e. The second kappa shape index (κ2) is 4.97. The Bertz CT molecular complexity index is 143. The number of hydrogen-bond acceptors (Lipinski definition) is 2. The summed E-state index contributed by atoms with van der Waals surface area (Å²) < 4.78 is 5.60. The van der Waals surface area contributed by atoms with Crippen molar-refractivity contribution in [3.05, 3.63) is 0 Å². The number of nitrogens with one attached hydrogen (secondary N) is 1. The Labute approximate surface area is 82.0 Å². The van der Waals surface area contributed by atoms with Gasteiger partial charge in [0.25, 0.3) is 0 Å². The van der Waals surface area contributed by atoms with Crippen molar-refractivity contribution in [3.8, 4) is 0 Å². The van der Waals surface area contributed by atoms with Crippen molar-refractivity contribution in [2.24, 2.45) is 5.41 Å². The molecule has 1 atom stereocenters. The third-order valence-corrected chi connectivity index (χ3v) is 2.96. The molecule has 0 aromatic rings. The zero-order chi connectivity index (χ0) is 9.73. The highest BCUT2D eigenvalue weighted by Gasteiger charge is 2.44. The molecule has 0 spiro atoms. The molecule has 1 unspecified atom stereocenters. The molecule has 0 radical (unpaired) electrons. The highest BCUT2D eigenvalue weighted by atomic mass is 16.5. The van der Waals surface area contributed by atoms with Crippen molar-refractivity contribution in [1.82, 2.24) is 5.32 Å². The second-order valence-corrected chi connectivity index (χ2v) is 4.34.